The molecule has 0 saturated carbocycles. The van der Waals surface area contributed by atoms with Crippen LogP contribution in [0.15, 0.2) is 77.2 Å². The molecule has 0 bridgehead atoms. The van der Waals surface area contributed by atoms with Crippen LogP contribution in [0.1, 0.15) is 5.56 Å². The normalized spacial score (nSPS) is 11.2. The number of oxazole rings is 1. The van der Waals surface area contributed by atoms with E-state index in [-0.39, 0.29) is 5.91 Å². The van der Waals surface area contributed by atoms with Gasteiger partial charge in [-0.1, -0.05) is 53.5 Å². The number of aromatic nitrogens is 1. The van der Waals surface area contributed by atoms with Gasteiger partial charge in [-0.3, -0.25) is 4.79 Å². The predicted octanol–water partition coefficient (Wildman–Crippen LogP) is 6.45. The Morgan fingerprint density at radius 1 is 1.00 bits per heavy atom. The summed E-state index contributed by atoms with van der Waals surface area (Å²) in [6.45, 7) is 0. The molecule has 4 aromatic rings. The Kier molecular flexibility index (Phi) is 5.15. The second kappa shape index (κ2) is 7.89. The van der Waals surface area contributed by atoms with Gasteiger partial charge in [0, 0.05) is 16.8 Å². The number of nitrogens with one attached hydrogen (secondary N) is 1. The minimum Gasteiger partial charge on any atom is -0.436 e. The molecular formula is C22H14Cl2N2O2. The summed E-state index contributed by atoms with van der Waals surface area (Å²) in [7, 11) is 0. The van der Waals surface area contributed by atoms with Crippen molar-refractivity contribution in [1.29, 1.82) is 0 Å². The molecule has 0 aliphatic heterocycles. The van der Waals surface area contributed by atoms with Crippen molar-refractivity contribution >= 4 is 52.0 Å². The van der Waals surface area contributed by atoms with Crippen molar-refractivity contribution in [3.8, 4) is 11.5 Å². The number of carbonyl (C=O) groups is 1. The van der Waals surface area contributed by atoms with Crippen LogP contribution in [-0.2, 0) is 4.79 Å². The van der Waals surface area contributed by atoms with Crippen LogP contribution in [0, 0.1) is 0 Å². The number of amides is 1. The van der Waals surface area contributed by atoms with E-state index in [9.17, 15) is 4.79 Å². The zero-order chi connectivity index (χ0) is 19.5. The van der Waals surface area contributed by atoms with E-state index in [0.29, 0.717) is 38.3 Å². The number of fused-ring (bicyclic) bond motifs is 1. The van der Waals surface area contributed by atoms with Crippen LogP contribution >= 0.6 is 23.2 Å². The van der Waals surface area contributed by atoms with Gasteiger partial charge in [0.05, 0.1) is 10.6 Å². The van der Waals surface area contributed by atoms with Crippen LogP contribution in [0.25, 0.3) is 28.6 Å². The van der Waals surface area contributed by atoms with Gasteiger partial charge in [0.15, 0.2) is 5.58 Å². The lowest BCUT2D eigenvalue weighted by Crippen LogP contribution is -2.07. The average molecular weight is 409 g/mol. The first-order valence-electron chi connectivity index (χ1n) is 8.48. The molecule has 0 saturated heterocycles. The summed E-state index contributed by atoms with van der Waals surface area (Å²) >= 11 is 12.2. The SMILES string of the molecule is O=C(/C=C/c1ccccc1)Nc1ccc2oc(-c3ccc(Cl)cc3Cl)nc2c1. The summed E-state index contributed by atoms with van der Waals surface area (Å²) in [5.74, 6) is 0.164. The molecule has 6 heteroatoms. The highest BCUT2D eigenvalue weighted by Crippen LogP contribution is 2.32. The number of carbonyl (C=O) groups excluding carboxylic acids is 1. The highest BCUT2D eigenvalue weighted by atomic mass is 35.5. The molecular weight excluding hydrogens is 395 g/mol. The van der Waals surface area contributed by atoms with E-state index in [2.05, 4.69) is 10.3 Å². The largest absolute Gasteiger partial charge is 0.436 e. The van der Waals surface area contributed by atoms with E-state index >= 15 is 0 Å². The van der Waals surface area contributed by atoms with Crippen molar-refractivity contribution in [1.82, 2.24) is 4.98 Å². The van der Waals surface area contributed by atoms with Crippen molar-refractivity contribution < 1.29 is 9.21 Å². The molecule has 1 N–H and O–H groups in total. The third-order valence-electron chi connectivity index (χ3n) is 4.04. The van der Waals surface area contributed by atoms with Gasteiger partial charge in [-0.15, -0.1) is 0 Å². The number of benzene rings is 3. The van der Waals surface area contributed by atoms with Gasteiger partial charge in [-0.2, -0.15) is 0 Å². The van der Waals surface area contributed by atoms with E-state index in [0.717, 1.165) is 5.56 Å². The number of nitrogens with zero attached hydrogens (tertiary/aromatic N) is 1. The molecule has 4 rings (SSSR count). The fourth-order valence-corrected chi connectivity index (χ4v) is 3.19. The van der Waals surface area contributed by atoms with Gasteiger partial charge in [0.2, 0.25) is 11.8 Å². The number of hydrogen-bond donors (Lipinski definition) is 1. The molecule has 0 aliphatic carbocycles. The molecule has 28 heavy (non-hydrogen) atoms. The van der Waals surface area contributed by atoms with Gasteiger partial charge in [-0.25, -0.2) is 4.98 Å². The van der Waals surface area contributed by atoms with E-state index in [4.69, 9.17) is 27.6 Å². The third kappa shape index (κ3) is 4.09. The van der Waals surface area contributed by atoms with Crippen LogP contribution in [0.4, 0.5) is 5.69 Å². The number of anilines is 1. The number of rotatable bonds is 4. The summed E-state index contributed by atoms with van der Waals surface area (Å²) in [4.78, 5) is 16.6. The minimum atomic E-state index is -0.229. The molecule has 0 atom stereocenters. The Labute approximate surface area is 171 Å². The molecule has 1 heterocycles. The van der Waals surface area contributed by atoms with E-state index < -0.39 is 0 Å². The predicted molar refractivity (Wildman–Crippen MR) is 114 cm³/mol. The van der Waals surface area contributed by atoms with E-state index in [1.165, 1.54) is 6.08 Å². The van der Waals surface area contributed by atoms with Crippen LogP contribution < -0.4 is 5.32 Å². The highest BCUT2D eigenvalue weighted by Gasteiger charge is 2.12. The standard InChI is InChI=1S/C22H14Cl2N2O2/c23-15-7-9-17(18(24)12-15)22-26-19-13-16(8-10-20(19)28-22)25-21(27)11-6-14-4-2-1-3-5-14/h1-13H,(H,25,27)/b11-6+. The fourth-order valence-electron chi connectivity index (χ4n) is 2.70. The Bertz CT molecular complexity index is 1180. The second-order valence-corrected chi connectivity index (χ2v) is 6.90. The van der Waals surface area contributed by atoms with E-state index in [1.807, 2.05) is 30.3 Å². The Hall–Kier alpha value is -3.08. The topological polar surface area (TPSA) is 55.1 Å². The fraction of sp³-hybridized carbons (Fsp3) is 0. The summed E-state index contributed by atoms with van der Waals surface area (Å²) in [6.07, 6.45) is 3.24. The first-order chi connectivity index (χ1) is 13.6. The van der Waals surface area contributed by atoms with Crippen molar-refractivity contribution in [3.63, 3.8) is 0 Å². The molecule has 0 unspecified atom stereocenters. The second-order valence-electron chi connectivity index (χ2n) is 6.06. The lowest BCUT2D eigenvalue weighted by Gasteiger charge is -2.01. The zero-order valence-corrected chi connectivity index (χ0v) is 16.0. The molecule has 1 aromatic heterocycles. The van der Waals surface area contributed by atoms with Gasteiger partial charge < -0.3 is 9.73 Å². The molecule has 1 amide bonds. The van der Waals surface area contributed by atoms with E-state index in [1.54, 1.807) is 42.5 Å². The Morgan fingerprint density at radius 3 is 2.61 bits per heavy atom. The molecule has 4 nitrogen and oxygen atoms in total. The maximum atomic E-state index is 12.2. The van der Waals surface area contributed by atoms with Crippen LogP contribution in [-0.4, -0.2) is 10.9 Å². The highest BCUT2D eigenvalue weighted by molar-refractivity contribution is 6.36. The number of halogens is 2. The van der Waals surface area contributed by atoms with Crippen LogP contribution in [0.5, 0.6) is 0 Å². The minimum absolute atomic E-state index is 0.229. The number of hydrogen-bond acceptors (Lipinski definition) is 3. The van der Waals surface area contributed by atoms with Crippen molar-refractivity contribution in [2.75, 3.05) is 5.32 Å². The van der Waals surface area contributed by atoms with Gasteiger partial charge in [-0.05, 0) is 48.0 Å². The summed E-state index contributed by atoms with van der Waals surface area (Å²) in [5.41, 5.74) is 3.44. The quantitative estimate of drug-likeness (QED) is 0.394. The van der Waals surface area contributed by atoms with Crippen LogP contribution in [0.2, 0.25) is 10.0 Å². The first kappa shape index (κ1) is 18.3. The van der Waals surface area contributed by atoms with Gasteiger partial charge >= 0.3 is 0 Å². The van der Waals surface area contributed by atoms with Crippen molar-refractivity contribution in [3.05, 3.63) is 88.4 Å². The summed E-state index contributed by atoms with van der Waals surface area (Å²) in [6, 6.07) is 20.0. The first-order valence-corrected chi connectivity index (χ1v) is 9.24. The smallest absolute Gasteiger partial charge is 0.248 e. The molecule has 0 fully saturated rings. The lowest BCUT2D eigenvalue weighted by atomic mass is 10.2. The molecule has 0 radical (unpaired) electrons. The maximum Gasteiger partial charge on any atom is 0.248 e. The molecule has 0 aliphatic rings. The lowest BCUT2D eigenvalue weighted by molar-refractivity contribution is -0.111. The van der Waals surface area contributed by atoms with Crippen LogP contribution in [0.3, 0.4) is 0 Å². The molecule has 138 valence electrons. The maximum absolute atomic E-state index is 12.2. The summed E-state index contributed by atoms with van der Waals surface area (Å²) < 4.78 is 5.77. The Balaban J connectivity index is 1.55. The zero-order valence-electron chi connectivity index (χ0n) is 14.5. The van der Waals surface area contributed by atoms with Crippen molar-refractivity contribution in [2.45, 2.75) is 0 Å². The molecule has 0 spiro atoms. The summed E-state index contributed by atoms with van der Waals surface area (Å²) in [5, 5.41) is 3.82. The average Bonchev–Trinajstić information content (AvgIpc) is 3.10. The monoisotopic (exact) mass is 408 g/mol. The Morgan fingerprint density at radius 2 is 1.82 bits per heavy atom. The molecule has 3 aromatic carbocycles. The van der Waals surface area contributed by atoms with Crippen molar-refractivity contribution in [2.24, 2.45) is 0 Å². The van der Waals surface area contributed by atoms with Gasteiger partial charge in [0.25, 0.3) is 0 Å². The van der Waals surface area contributed by atoms with Gasteiger partial charge in [0.1, 0.15) is 5.52 Å². The third-order valence-corrected chi connectivity index (χ3v) is 4.59.